The number of fused-ring (bicyclic) bond motifs is 1. The van der Waals surface area contributed by atoms with Crippen molar-refractivity contribution < 1.29 is 8.42 Å². The van der Waals surface area contributed by atoms with Crippen LogP contribution >= 0.6 is 0 Å². The summed E-state index contributed by atoms with van der Waals surface area (Å²) >= 11 is 0. The van der Waals surface area contributed by atoms with Gasteiger partial charge in [0.05, 0.1) is 4.90 Å². The molecule has 4 heteroatoms. The number of sulfonamides is 1. The largest absolute Gasteiger partial charge is 0.243 e. The maximum atomic E-state index is 13.6. The molecular weight excluding hydrogens is 390 g/mol. The molecule has 30 heavy (non-hydrogen) atoms. The first kappa shape index (κ1) is 21.1. The van der Waals surface area contributed by atoms with Crippen LogP contribution in [0.1, 0.15) is 49.7 Å². The highest BCUT2D eigenvalue weighted by Crippen LogP contribution is 2.39. The SMILES string of the molecule is Cc1ccc(S(=O)(=O)N2C/C(=C/c3ccccc3)[C@H]3/C=C/CCCCCC[C@@H]32)cc1. The van der Waals surface area contributed by atoms with Crippen LogP contribution in [0.25, 0.3) is 6.08 Å². The van der Waals surface area contributed by atoms with E-state index in [-0.39, 0.29) is 12.0 Å². The summed E-state index contributed by atoms with van der Waals surface area (Å²) in [7, 11) is -3.54. The lowest BCUT2D eigenvalue weighted by molar-refractivity contribution is 0.333. The Morgan fingerprint density at radius 2 is 1.67 bits per heavy atom. The zero-order valence-corrected chi connectivity index (χ0v) is 18.5. The van der Waals surface area contributed by atoms with Gasteiger partial charge in [-0.2, -0.15) is 4.31 Å². The Labute approximate surface area is 181 Å². The number of aryl methyl sites for hydroxylation is 1. The summed E-state index contributed by atoms with van der Waals surface area (Å²) in [6, 6.07) is 17.5. The van der Waals surface area contributed by atoms with Crippen LogP contribution < -0.4 is 0 Å². The minimum atomic E-state index is -3.54. The normalized spacial score (nSPS) is 25.7. The second-order valence-corrected chi connectivity index (χ2v) is 10.4. The Bertz CT molecular complexity index is 1010. The van der Waals surface area contributed by atoms with Gasteiger partial charge in [0.15, 0.2) is 0 Å². The summed E-state index contributed by atoms with van der Waals surface area (Å²) in [5.41, 5.74) is 3.39. The summed E-state index contributed by atoms with van der Waals surface area (Å²) in [6.07, 6.45) is 13.4. The van der Waals surface area contributed by atoms with Gasteiger partial charge in [0.2, 0.25) is 10.0 Å². The van der Waals surface area contributed by atoms with E-state index in [0.29, 0.717) is 11.4 Å². The molecule has 2 atom stereocenters. The maximum Gasteiger partial charge on any atom is 0.243 e. The predicted octanol–water partition coefficient (Wildman–Crippen LogP) is 5.98. The van der Waals surface area contributed by atoms with E-state index in [1.807, 2.05) is 37.3 Å². The smallest absolute Gasteiger partial charge is 0.207 e. The van der Waals surface area contributed by atoms with Crippen LogP contribution in [0, 0.1) is 12.8 Å². The summed E-state index contributed by atoms with van der Waals surface area (Å²) < 4.78 is 29.0. The molecule has 2 aromatic carbocycles. The molecule has 1 fully saturated rings. The van der Waals surface area contributed by atoms with E-state index in [0.717, 1.165) is 30.4 Å². The third kappa shape index (κ3) is 4.60. The standard InChI is InChI=1S/C26H31NO2S/c1-21-15-17-24(18-16-21)30(28,29)27-20-23(19-22-11-7-6-8-12-22)25-13-9-4-2-3-5-10-14-26(25)27/h6-9,11-13,15-19,25-26H,2-5,10,14,20H2,1H3/b13-9+,23-19-/t25-,26+/m1/s1. The maximum absolute atomic E-state index is 13.6. The number of hydrogen-bond acceptors (Lipinski definition) is 2. The minimum Gasteiger partial charge on any atom is -0.207 e. The van der Waals surface area contributed by atoms with Crippen molar-refractivity contribution in [1.82, 2.24) is 4.31 Å². The molecule has 0 saturated carbocycles. The molecule has 1 saturated heterocycles. The van der Waals surface area contributed by atoms with Crippen molar-refractivity contribution in [3.8, 4) is 0 Å². The number of benzene rings is 2. The number of nitrogens with zero attached hydrogens (tertiary/aromatic N) is 1. The highest BCUT2D eigenvalue weighted by atomic mass is 32.2. The van der Waals surface area contributed by atoms with Gasteiger partial charge in [-0.3, -0.25) is 0 Å². The first-order valence-electron chi connectivity index (χ1n) is 11.1. The van der Waals surface area contributed by atoms with Crippen LogP contribution in [0.15, 0.2) is 77.2 Å². The molecule has 3 nitrogen and oxygen atoms in total. The van der Waals surface area contributed by atoms with Gasteiger partial charge in [-0.1, -0.05) is 85.5 Å². The van der Waals surface area contributed by atoms with Crippen LogP contribution in [0.5, 0.6) is 0 Å². The van der Waals surface area contributed by atoms with E-state index in [4.69, 9.17) is 0 Å². The topological polar surface area (TPSA) is 37.4 Å². The summed E-state index contributed by atoms with van der Waals surface area (Å²) in [6.45, 7) is 2.44. The van der Waals surface area contributed by atoms with Crippen LogP contribution in [-0.4, -0.2) is 25.3 Å². The zero-order chi connectivity index (χ0) is 21.0. The van der Waals surface area contributed by atoms with Crippen molar-refractivity contribution in [3.05, 3.63) is 83.4 Å². The second kappa shape index (κ2) is 9.32. The average molecular weight is 422 g/mol. The molecule has 0 amide bonds. The van der Waals surface area contributed by atoms with Gasteiger partial charge >= 0.3 is 0 Å². The monoisotopic (exact) mass is 421 g/mol. The number of allylic oxidation sites excluding steroid dienone is 1. The number of hydrogen-bond donors (Lipinski definition) is 0. The molecule has 0 aromatic heterocycles. The van der Waals surface area contributed by atoms with Crippen LogP contribution in [0.3, 0.4) is 0 Å². The Morgan fingerprint density at radius 3 is 2.43 bits per heavy atom. The van der Waals surface area contributed by atoms with E-state index >= 15 is 0 Å². The Morgan fingerprint density at radius 1 is 0.933 bits per heavy atom. The van der Waals surface area contributed by atoms with Gasteiger partial charge in [-0.15, -0.1) is 0 Å². The molecule has 0 unspecified atom stereocenters. The average Bonchev–Trinajstić information content (AvgIpc) is 3.10. The van der Waals surface area contributed by atoms with E-state index in [1.54, 1.807) is 16.4 Å². The van der Waals surface area contributed by atoms with Crippen molar-refractivity contribution in [3.63, 3.8) is 0 Å². The third-order valence-corrected chi connectivity index (χ3v) is 8.18. The highest BCUT2D eigenvalue weighted by molar-refractivity contribution is 7.89. The van der Waals surface area contributed by atoms with Gasteiger partial charge in [-0.05, 0) is 49.5 Å². The molecule has 0 radical (unpaired) electrons. The van der Waals surface area contributed by atoms with Gasteiger partial charge in [0, 0.05) is 18.5 Å². The zero-order valence-electron chi connectivity index (χ0n) is 17.7. The Balaban J connectivity index is 1.75. The molecule has 2 aromatic rings. The summed E-state index contributed by atoms with van der Waals surface area (Å²) in [4.78, 5) is 0.397. The lowest BCUT2D eigenvalue weighted by atomic mass is 9.89. The molecule has 4 rings (SSSR count). The molecular formula is C26H31NO2S. The molecule has 0 spiro atoms. The van der Waals surface area contributed by atoms with E-state index in [2.05, 4.69) is 30.4 Å². The summed E-state index contributed by atoms with van der Waals surface area (Å²) in [5, 5.41) is 0. The molecule has 0 bridgehead atoms. The molecule has 1 aliphatic heterocycles. The van der Waals surface area contributed by atoms with E-state index in [1.165, 1.54) is 24.8 Å². The highest BCUT2D eigenvalue weighted by Gasteiger charge is 2.42. The van der Waals surface area contributed by atoms with Crippen molar-refractivity contribution in [1.29, 1.82) is 0 Å². The van der Waals surface area contributed by atoms with Crippen LogP contribution in [-0.2, 0) is 10.0 Å². The van der Waals surface area contributed by atoms with Crippen molar-refractivity contribution >= 4 is 16.1 Å². The quantitative estimate of drug-likeness (QED) is 0.572. The first-order chi connectivity index (χ1) is 14.6. The van der Waals surface area contributed by atoms with Crippen molar-refractivity contribution in [2.24, 2.45) is 5.92 Å². The van der Waals surface area contributed by atoms with Gasteiger partial charge in [-0.25, -0.2) is 8.42 Å². The molecule has 1 heterocycles. The van der Waals surface area contributed by atoms with E-state index in [9.17, 15) is 8.42 Å². The Hall–Kier alpha value is -2.17. The molecule has 1 aliphatic carbocycles. The lowest BCUT2D eigenvalue weighted by Gasteiger charge is -2.27. The van der Waals surface area contributed by atoms with Crippen LogP contribution in [0.2, 0.25) is 0 Å². The fourth-order valence-corrected chi connectivity index (χ4v) is 6.29. The molecule has 158 valence electrons. The first-order valence-corrected chi connectivity index (χ1v) is 12.5. The van der Waals surface area contributed by atoms with Gasteiger partial charge < -0.3 is 0 Å². The lowest BCUT2D eigenvalue weighted by Crippen LogP contribution is -2.37. The van der Waals surface area contributed by atoms with Crippen LogP contribution in [0.4, 0.5) is 0 Å². The predicted molar refractivity (Wildman–Crippen MR) is 124 cm³/mol. The second-order valence-electron chi connectivity index (χ2n) is 8.51. The van der Waals surface area contributed by atoms with Gasteiger partial charge in [0.1, 0.15) is 0 Å². The summed E-state index contributed by atoms with van der Waals surface area (Å²) in [5.74, 6) is 0.142. The van der Waals surface area contributed by atoms with Crippen molar-refractivity contribution in [2.45, 2.75) is 56.4 Å². The van der Waals surface area contributed by atoms with E-state index < -0.39 is 10.0 Å². The molecule has 0 N–H and O–H groups in total. The Kier molecular flexibility index (Phi) is 6.55. The molecule has 2 aliphatic rings. The van der Waals surface area contributed by atoms with Gasteiger partial charge in [0.25, 0.3) is 0 Å². The fraction of sp³-hybridized carbons (Fsp3) is 0.385. The number of rotatable bonds is 3. The third-order valence-electron chi connectivity index (χ3n) is 6.29. The minimum absolute atomic E-state index is 0.0133. The van der Waals surface area contributed by atoms with Crippen molar-refractivity contribution in [2.75, 3.05) is 6.54 Å². The fourth-order valence-electron chi connectivity index (χ4n) is 4.63.